The van der Waals surface area contributed by atoms with Crippen molar-refractivity contribution >= 4 is 51.7 Å². The Balaban J connectivity index is 0.000000166. The molecule has 4 N–H and O–H groups in total. The molecule has 0 bridgehead atoms. The third-order valence-electron chi connectivity index (χ3n) is 7.05. The molecule has 2 heterocycles. The van der Waals surface area contributed by atoms with Gasteiger partial charge in [0.1, 0.15) is 0 Å². The minimum absolute atomic E-state index is 0.00946. The number of halogens is 7. The first-order chi connectivity index (χ1) is 21.6. The van der Waals surface area contributed by atoms with Crippen molar-refractivity contribution in [2.24, 2.45) is 0 Å². The molecule has 2 aliphatic heterocycles. The van der Waals surface area contributed by atoms with Crippen molar-refractivity contribution < 1.29 is 46.0 Å². The normalized spacial score (nSPS) is 13.8. The number of carbonyl (C=O) groups excluding carboxylic acids is 2. The van der Waals surface area contributed by atoms with Crippen LogP contribution in [0, 0.1) is 0 Å². The van der Waals surface area contributed by atoms with Crippen LogP contribution in [-0.4, -0.2) is 29.0 Å². The number of benzene rings is 4. The molecule has 240 valence electrons. The Labute approximate surface area is 268 Å². The number of carbonyl (C=O) groups is 2. The van der Waals surface area contributed by atoms with Crippen LogP contribution in [-0.2, 0) is 34.8 Å². The van der Waals surface area contributed by atoms with Gasteiger partial charge < -0.3 is 20.7 Å². The minimum Gasteiger partial charge on any atom is -0.423 e. The molecule has 0 fully saturated rings. The molecule has 14 heteroatoms. The summed E-state index contributed by atoms with van der Waals surface area (Å²) < 4.78 is 74.7. The third-order valence-corrected chi connectivity index (χ3v) is 7.54. The maximum Gasteiger partial charge on any atom is 0.488 e. The molecule has 0 aromatic heterocycles. The van der Waals surface area contributed by atoms with Crippen molar-refractivity contribution in [3.05, 3.63) is 112 Å². The first kappa shape index (κ1) is 34.7. The molecule has 0 saturated heterocycles. The zero-order valence-corrected chi connectivity index (χ0v) is 25.4. The maximum atomic E-state index is 12.5. The summed E-state index contributed by atoms with van der Waals surface area (Å²) in [6.07, 6.45) is -6.18. The van der Waals surface area contributed by atoms with E-state index in [1.165, 1.54) is 17.7 Å². The monoisotopic (exact) mass is 706 g/mol. The second kappa shape index (κ2) is 14.5. The van der Waals surface area contributed by atoms with Gasteiger partial charge in [0, 0.05) is 28.7 Å². The quantitative estimate of drug-likeness (QED) is 0.134. The Morgan fingerprint density at radius 2 is 1.02 bits per heavy atom. The Hall–Kier alpha value is -4.14. The van der Waals surface area contributed by atoms with Gasteiger partial charge in [0.05, 0.1) is 11.1 Å². The van der Waals surface area contributed by atoms with Gasteiger partial charge in [0.15, 0.2) is 0 Å². The lowest BCUT2D eigenvalue weighted by Crippen LogP contribution is -2.29. The Bertz CT molecular complexity index is 1700. The topological polar surface area (TPSA) is 98.7 Å². The van der Waals surface area contributed by atoms with Crippen LogP contribution in [0.2, 0.25) is 0 Å². The highest BCUT2D eigenvalue weighted by atomic mass is 79.9. The molecule has 0 aliphatic carbocycles. The molecular formula is C32H26BBrF6N2O4. The van der Waals surface area contributed by atoms with Crippen molar-refractivity contribution in [3.8, 4) is 11.1 Å². The third kappa shape index (κ3) is 9.44. The van der Waals surface area contributed by atoms with E-state index in [4.69, 9.17) is 10.0 Å². The maximum absolute atomic E-state index is 12.5. The first-order valence-corrected chi connectivity index (χ1v) is 14.6. The predicted octanol–water partition coefficient (Wildman–Crippen LogP) is 6.98. The lowest BCUT2D eigenvalue weighted by Gasteiger charge is -2.17. The number of nitrogens with one attached hydrogen (secondary N) is 2. The van der Waals surface area contributed by atoms with Crippen LogP contribution >= 0.6 is 15.9 Å². The zero-order chi connectivity index (χ0) is 33.6. The number of anilines is 2. The predicted molar refractivity (Wildman–Crippen MR) is 166 cm³/mol. The van der Waals surface area contributed by atoms with Gasteiger partial charge >= 0.3 is 19.5 Å². The van der Waals surface area contributed by atoms with Crippen LogP contribution in [0.3, 0.4) is 0 Å². The Morgan fingerprint density at radius 1 is 0.587 bits per heavy atom. The molecule has 0 radical (unpaired) electrons. The summed E-state index contributed by atoms with van der Waals surface area (Å²) in [7, 11) is -1.73. The molecule has 0 spiro atoms. The summed E-state index contributed by atoms with van der Waals surface area (Å²) in [6.45, 7) is 0. The van der Waals surface area contributed by atoms with Gasteiger partial charge in [0.25, 0.3) is 0 Å². The average molecular weight is 707 g/mol. The molecule has 4 aromatic carbocycles. The molecule has 6 nitrogen and oxygen atoms in total. The number of amides is 2. The molecular weight excluding hydrogens is 681 g/mol. The molecule has 2 aliphatic rings. The van der Waals surface area contributed by atoms with E-state index >= 15 is 0 Å². The summed E-state index contributed by atoms with van der Waals surface area (Å²) in [4.78, 5) is 22.3. The Kier molecular flexibility index (Phi) is 11.0. The average Bonchev–Trinajstić information content (AvgIpc) is 3.01. The number of hydrogen-bond acceptors (Lipinski definition) is 4. The van der Waals surface area contributed by atoms with Crippen molar-refractivity contribution in [2.75, 3.05) is 10.6 Å². The summed E-state index contributed by atoms with van der Waals surface area (Å²) in [5.41, 5.74) is 4.09. The zero-order valence-electron chi connectivity index (χ0n) is 23.8. The van der Waals surface area contributed by atoms with Gasteiger partial charge in [-0.2, -0.15) is 26.3 Å². The highest BCUT2D eigenvalue weighted by Gasteiger charge is 2.31. The van der Waals surface area contributed by atoms with Crippen molar-refractivity contribution in [2.45, 2.75) is 38.0 Å². The van der Waals surface area contributed by atoms with E-state index in [-0.39, 0.29) is 17.3 Å². The second-order valence-corrected chi connectivity index (χ2v) is 11.3. The van der Waals surface area contributed by atoms with Crippen molar-refractivity contribution in [3.63, 3.8) is 0 Å². The van der Waals surface area contributed by atoms with Gasteiger partial charge in [-0.25, -0.2) is 0 Å². The van der Waals surface area contributed by atoms with E-state index in [1.54, 1.807) is 12.1 Å². The molecule has 0 atom stereocenters. The van der Waals surface area contributed by atoms with Gasteiger partial charge in [-0.15, -0.1) is 0 Å². The summed E-state index contributed by atoms with van der Waals surface area (Å²) in [6, 6.07) is 20.1. The van der Waals surface area contributed by atoms with E-state index in [1.807, 2.05) is 18.2 Å². The van der Waals surface area contributed by atoms with Gasteiger partial charge in [0.2, 0.25) is 11.8 Å². The smallest absolute Gasteiger partial charge is 0.423 e. The van der Waals surface area contributed by atoms with E-state index in [2.05, 4.69) is 32.6 Å². The molecule has 0 saturated carbocycles. The lowest BCUT2D eigenvalue weighted by atomic mass is 9.80. The molecule has 46 heavy (non-hydrogen) atoms. The van der Waals surface area contributed by atoms with E-state index in [9.17, 15) is 35.9 Å². The molecule has 2 amide bonds. The fourth-order valence-corrected chi connectivity index (χ4v) is 5.02. The SMILES string of the molecule is O=C1CCc2cc(-c3ccc(C(F)(F)F)cc3)ccc2N1.O=C1CCc2cc(Br)ccc2N1.OB(O)c1ccc(C(F)(F)F)cc1. The number of fused-ring (bicyclic) bond motifs is 2. The van der Waals surface area contributed by atoms with E-state index < -0.39 is 30.6 Å². The molecule has 0 unspecified atom stereocenters. The Morgan fingerprint density at radius 3 is 1.50 bits per heavy atom. The van der Waals surface area contributed by atoms with Crippen LogP contribution in [0.25, 0.3) is 11.1 Å². The standard InChI is InChI=1S/C16H12F3NO.C9H8BrNO.C7H6BF3O2/c17-16(18,19)13-5-1-10(2-6-13)11-3-7-14-12(9-11)4-8-15(21)20-14;10-7-2-3-8-6(5-7)1-4-9(12)11-8;9-7(10,11)5-1-3-6(4-2-5)8(12)13/h1-3,5-7,9H,4,8H2,(H,20,21);2-3,5H,1,4H2,(H,11,12);1-4,12-13H. The lowest BCUT2D eigenvalue weighted by molar-refractivity contribution is -0.138. The van der Waals surface area contributed by atoms with Crippen molar-refractivity contribution in [1.82, 2.24) is 0 Å². The number of aryl methyl sites for hydroxylation is 2. The van der Waals surface area contributed by atoms with Gasteiger partial charge in [-0.1, -0.05) is 58.4 Å². The highest BCUT2D eigenvalue weighted by Crippen LogP contribution is 2.33. The van der Waals surface area contributed by atoms with Gasteiger partial charge in [-0.3, -0.25) is 9.59 Å². The van der Waals surface area contributed by atoms with Crippen molar-refractivity contribution in [1.29, 1.82) is 0 Å². The van der Waals surface area contributed by atoms with Crippen LogP contribution in [0.1, 0.15) is 35.1 Å². The van der Waals surface area contributed by atoms with Gasteiger partial charge in [-0.05, 0) is 83.0 Å². The van der Waals surface area contributed by atoms with E-state index in [0.717, 1.165) is 75.4 Å². The largest absolute Gasteiger partial charge is 0.488 e. The molecule has 6 rings (SSSR count). The van der Waals surface area contributed by atoms with Crippen LogP contribution in [0.4, 0.5) is 37.7 Å². The fourth-order valence-electron chi connectivity index (χ4n) is 4.61. The van der Waals surface area contributed by atoms with Crippen LogP contribution in [0.15, 0.2) is 89.4 Å². The minimum atomic E-state index is -4.39. The molecule has 4 aromatic rings. The van der Waals surface area contributed by atoms with E-state index in [0.29, 0.717) is 19.3 Å². The second-order valence-electron chi connectivity index (χ2n) is 10.3. The highest BCUT2D eigenvalue weighted by molar-refractivity contribution is 9.10. The number of hydrogen-bond donors (Lipinski definition) is 4. The number of alkyl halides is 6. The number of rotatable bonds is 2. The van der Waals surface area contributed by atoms with Crippen LogP contribution < -0.4 is 16.1 Å². The first-order valence-electron chi connectivity index (χ1n) is 13.8. The fraction of sp³-hybridized carbons (Fsp3) is 0.188. The summed E-state index contributed by atoms with van der Waals surface area (Å²) in [5.74, 6) is 0.106. The summed E-state index contributed by atoms with van der Waals surface area (Å²) >= 11 is 3.39. The van der Waals surface area contributed by atoms with Crippen LogP contribution in [0.5, 0.6) is 0 Å². The summed E-state index contributed by atoms with van der Waals surface area (Å²) in [5, 5.41) is 22.8.